The maximum absolute atomic E-state index is 5.54. The third-order valence-electron chi connectivity index (χ3n) is 1.61. The van der Waals surface area contributed by atoms with E-state index < -0.39 is 0 Å². The van der Waals surface area contributed by atoms with Crippen LogP contribution >= 0.6 is 12.2 Å². The molecule has 0 radical (unpaired) electrons. The van der Waals surface area contributed by atoms with Crippen molar-refractivity contribution >= 4 is 17.2 Å². The molecular formula is C10H13NOS. The second-order valence-electron chi connectivity index (χ2n) is 2.71. The van der Waals surface area contributed by atoms with Crippen LogP contribution in [0.25, 0.3) is 0 Å². The van der Waals surface area contributed by atoms with Crippen LogP contribution in [0.4, 0.5) is 0 Å². The fourth-order valence-electron chi connectivity index (χ4n) is 1.01. The zero-order chi connectivity index (χ0) is 9.68. The van der Waals surface area contributed by atoms with Crippen LogP contribution in [-0.4, -0.2) is 11.6 Å². The average molecular weight is 195 g/mol. The Morgan fingerprint density at radius 1 is 1.46 bits per heavy atom. The van der Waals surface area contributed by atoms with Crippen LogP contribution in [0.15, 0.2) is 24.3 Å². The van der Waals surface area contributed by atoms with E-state index in [0.717, 1.165) is 17.7 Å². The Hall–Kier alpha value is -1.09. The Bertz CT molecular complexity index is 299. The van der Waals surface area contributed by atoms with Crippen LogP contribution in [0.1, 0.15) is 18.9 Å². The van der Waals surface area contributed by atoms with Crippen LogP contribution in [0, 0.1) is 0 Å². The molecule has 0 aliphatic carbocycles. The zero-order valence-corrected chi connectivity index (χ0v) is 8.43. The van der Waals surface area contributed by atoms with Crippen molar-refractivity contribution in [1.29, 1.82) is 0 Å². The van der Waals surface area contributed by atoms with Gasteiger partial charge in [0.05, 0.1) is 12.2 Å². The highest BCUT2D eigenvalue weighted by atomic mass is 32.1. The molecule has 70 valence electrons. The van der Waals surface area contributed by atoms with E-state index in [1.165, 1.54) is 0 Å². The summed E-state index contributed by atoms with van der Waals surface area (Å²) in [5.74, 6) is 0.775. The maximum atomic E-state index is 5.54. The van der Waals surface area contributed by atoms with Gasteiger partial charge in [0.2, 0.25) is 0 Å². The molecule has 3 heteroatoms. The quantitative estimate of drug-likeness (QED) is 0.747. The van der Waals surface area contributed by atoms with Crippen molar-refractivity contribution in [3.05, 3.63) is 29.8 Å². The van der Waals surface area contributed by atoms with Gasteiger partial charge in [-0.15, -0.1) is 0 Å². The summed E-state index contributed by atoms with van der Waals surface area (Å²) in [5, 5.41) is 0. The second kappa shape index (κ2) is 4.82. The summed E-state index contributed by atoms with van der Waals surface area (Å²) in [6.07, 6.45) is 0.978. The molecule has 0 spiro atoms. The van der Waals surface area contributed by atoms with E-state index in [1.807, 2.05) is 24.3 Å². The normalized spacial score (nSPS) is 9.62. The molecule has 1 aromatic carbocycles. The summed E-state index contributed by atoms with van der Waals surface area (Å²) in [7, 11) is 0. The van der Waals surface area contributed by atoms with Crippen molar-refractivity contribution in [2.24, 2.45) is 5.73 Å². The van der Waals surface area contributed by atoms with Gasteiger partial charge in [-0.3, -0.25) is 0 Å². The molecular weight excluding hydrogens is 182 g/mol. The predicted octanol–water partition coefficient (Wildman–Crippen LogP) is 2.11. The molecule has 0 aliphatic rings. The molecule has 0 fully saturated rings. The first-order valence-electron chi connectivity index (χ1n) is 4.27. The topological polar surface area (TPSA) is 35.2 Å². The van der Waals surface area contributed by atoms with Crippen LogP contribution in [0.2, 0.25) is 0 Å². The molecule has 0 bridgehead atoms. The zero-order valence-electron chi connectivity index (χ0n) is 7.62. The SMILES string of the molecule is CCCOc1ccccc1C(N)=S. The molecule has 2 nitrogen and oxygen atoms in total. The third-order valence-corrected chi connectivity index (χ3v) is 1.83. The Morgan fingerprint density at radius 2 is 2.15 bits per heavy atom. The van der Waals surface area contributed by atoms with E-state index in [1.54, 1.807) is 0 Å². The average Bonchev–Trinajstić information content (AvgIpc) is 2.15. The molecule has 1 aromatic rings. The van der Waals surface area contributed by atoms with Crippen molar-refractivity contribution in [3.8, 4) is 5.75 Å². The maximum Gasteiger partial charge on any atom is 0.129 e. The molecule has 1 rings (SSSR count). The van der Waals surface area contributed by atoms with E-state index in [2.05, 4.69) is 6.92 Å². The van der Waals surface area contributed by atoms with Gasteiger partial charge in [0.25, 0.3) is 0 Å². The van der Waals surface area contributed by atoms with Crippen molar-refractivity contribution in [2.45, 2.75) is 13.3 Å². The van der Waals surface area contributed by atoms with Crippen LogP contribution in [0.3, 0.4) is 0 Å². The van der Waals surface area contributed by atoms with Gasteiger partial charge in [0, 0.05) is 0 Å². The number of hydrogen-bond acceptors (Lipinski definition) is 2. The largest absolute Gasteiger partial charge is 0.493 e. The number of para-hydroxylation sites is 1. The molecule has 0 heterocycles. The summed E-state index contributed by atoms with van der Waals surface area (Å²) < 4.78 is 5.48. The van der Waals surface area contributed by atoms with E-state index in [-0.39, 0.29) is 0 Å². The number of nitrogens with two attached hydrogens (primary N) is 1. The molecule has 2 N–H and O–H groups in total. The van der Waals surface area contributed by atoms with Gasteiger partial charge in [0.1, 0.15) is 10.7 Å². The fraction of sp³-hybridized carbons (Fsp3) is 0.300. The Balaban J connectivity index is 2.84. The lowest BCUT2D eigenvalue weighted by molar-refractivity contribution is 0.317. The molecule has 0 amide bonds. The molecule has 13 heavy (non-hydrogen) atoms. The lowest BCUT2D eigenvalue weighted by atomic mass is 10.2. The standard InChI is InChI=1S/C10H13NOS/c1-2-7-12-9-6-4-3-5-8(9)10(11)13/h3-6H,2,7H2,1H3,(H2,11,13). The fourth-order valence-corrected chi connectivity index (χ4v) is 1.18. The lowest BCUT2D eigenvalue weighted by Gasteiger charge is -2.08. The predicted molar refractivity (Wildman–Crippen MR) is 58.1 cm³/mol. The first kappa shape index (κ1) is 9.99. The molecule has 0 aromatic heterocycles. The Kier molecular flexibility index (Phi) is 3.71. The molecule has 0 aliphatic heterocycles. The second-order valence-corrected chi connectivity index (χ2v) is 3.15. The van der Waals surface area contributed by atoms with Gasteiger partial charge in [-0.2, -0.15) is 0 Å². The highest BCUT2D eigenvalue weighted by Gasteiger charge is 2.03. The van der Waals surface area contributed by atoms with E-state index in [4.69, 9.17) is 22.7 Å². The van der Waals surface area contributed by atoms with Gasteiger partial charge in [-0.25, -0.2) is 0 Å². The number of hydrogen-bond donors (Lipinski definition) is 1. The Morgan fingerprint density at radius 3 is 2.77 bits per heavy atom. The van der Waals surface area contributed by atoms with Crippen LogP contribution in [0.5, 0.6) is 5.75 Å². The lowest BCUT2D eigenvalue weighted by Crippen LogP contribution is -2.11. The number of rotatable bonds is 4. The number of thiocarbonyl (C=S) groups is 1. The monoisotopic (exact) mass is 195 g/mol. The van der Waals surface area contributed by atoms with Crippen molar-refractivity contribution in [1.82, 2.24) is 0 Å². The molecule has 0 saturated carbocycles. The first-order valence-corrected chi connectivity index (χ1v) is 4.68. The minimum atomic E-state index is 0.381. The minimum absolute atomic E-state index is 0.381. The van der Waals surface area contributed by atoms with Gasteiger partial charge in [0.15, 0.2) is 0 Å². The van der Waals surface area contributed by atoms with Crippen LogP contribution in [-0.2, 0) is 0 Å². The molecule has 0 saturated heterocycles. The molecule has 0 unspecified atom stereocenters. The Labute approximate surface area is 83.7 Å². The van der Waals surface area contributed by atoms with Crippen molar-refractivity contribution < 1.29 is 4.74 Å². The van der Waals surface area contributed by atoms with Crippen molar-refractivity contribution in [2.75, 3.05) is 6.61 Å². The van der Waals surface area contributed by atoms with Gasteiger partial charge >= 0.3 is 0 Å². The van der Waals surface area contributed by atoms with Gasteiger partial charge < -0.3 is 10.5 Å². The van der Waals surface area contributed by atoms with E-state index in [0.29, 0.717) is 11.6 Å². The highest BCUT2D eigenvalue weighted by Crippen LogP contribution is 2.17. The molecule has 0 atom stereocenters. The summed E-state index contributed by atoms with van der Waals surface area (Å²) in [6.45, 7) is 2.75. The summed E-state index contributed by atoms with van der Waals surface area (Å²) in [6, 6.07) is 7.55. The van der Waals surface area contributed by atoms with Crippen molar-refractivity contribution in [3.63, 3.8) is 0 Å². The van der Waals surface area contributed by atoms with Gasteiger partial charge in [-0.1, -0.05) is 31.3 Å². The third kappa shape index (κ3) is 2.70. The minimum Gasteiger partial charge on any atom is -0.493 e. The smallest absolute Gasteiger partial charge is 0.129 e. The first-order chi connectivity index (χ1) is 6.25. The van der Waals surface area contributed by atoms with E-state index in [9.17, 15) is 0 Å². The summed E-state index contributed by atoms with van der Waals surface area (Å²) in [5.41, 5.74) is 6.35. The van der Waals surface area contributed by atoms with Crippen LogP contribution < -0.4 is 10.5 Å². The number of ether oxygens (including phenoxy) is 1. The summed E-state index contributed by atoms with van der Waals surface area (Å²) in [4.78, 5) is 0.381. The summed E-state index contributed by atoms with van der Waals surface area (Å²) >= 11 is 4.90. The van der Waals surface area contributed by atoms with Gasteiger partial charge in [-0.05, 0) is 18.6 Å². The highest BCUT2D eigenvalue weighted by molar-refractivity contribution is 7.80. The number of benzene rings is 1. The van der Waals surface area contributed by atoms with E-state index >= 15 is 0 Å².